The molecule has 0 aliphatic rings. The molecule has 0 saturated heterocycles. The van der Waals surface area contributed by atoms with Crippen molar-refractivity contribution >= 4 is 27.5 Å². The summed E-state index contributed by atoms with van der Waals surface area (Å²) in [5.41, 5.74) is 3.23. The minimum atomic E-state index is 0.0239. The van der Waals surface area contributed by atoms with Gasteiger partial charge in [0.25, 0.3) is 5.91 Å². The summed E-state index contributed by atoms with van der Waals surface area (Å²) < 4.78 is 3.26. The van der Waals surface area contributed by atoms with Crippen LogP contribution in [0.3, 0.4) is 0 Å². The zero-order chi connectivity index (χ0) is 16.2. The molecular weight excluding hydrogens is 304 g/mol. The smallest absolute Gasteiger partial charge is 0.268 e. The molecule has 1 N–H and O–H groups in total. The second kappa shape index (κ2) is 7.01. The van der Waals surface area contributed by atoms with Gasteiger partial charge in [-0.3, -0.25) is 4.79 Å². The van der Waals surface area contributed by atoms with Crippen LogP contribution in [0.1, 0.15) is 36.3 Å². The lowest BCUT2D eigenvalue weighted by atomic mass is 10.1. The summed E-state index contributed by atoms with van der Waals surface area (Å²) in [6.45, 7) is 4.95. The van der Waals surface area contributed by atoms with Crippen molar-refractivity contribution in [2.45, 2.75) is 39.3 Å². The van der Waals surface area contributed by atoms with Crippen LogP contribution in [0.2, 0.25) is 0 Å². The number of fused-ring (bicyclic) bond motifs is 1. The van der Waals surface area contributed by atoms with Crippen molar-refractivity contribution in [1.82, 2.24) is 9.88 Å². The van der Waals surface area contributed by atoms with Gasteiger partial charge in [0.05, 0.1) is 10.2 Å². The lowest BCUT2D eigenvalue weighted by molar-refractivity contribution is 0.0929. The summed E-state index contributed by atoms with van der Waals surface area (Å²) >= 11 is 1.68. The normalized spacial score (nSPS) is 12.4. The number of nitrogens with one attached hydrogen (secondary N) is 1. The molecular formula is C19H22N2OS. The van der Waals surface area contributed by atoms with E-state index in [0.29, 0.717) is 0 Å². The molecule has 0 unspecified atom stereocenters. The predicted octanol–water partition coefficient (Wildman–Crippen LogP) is 4.47. The van der Waals surface area contributed by atoms with Gasteiger partial charge in [-0.25, -0.2) is 0 Å². The van der Waals surface area contributed by atoms with Crippen LogP contribution in [0.5, 0.6) is 0 Å². The van der Waals surface area contributed by atoms with Gasteiger partial charge in [0.15, 0.2) is 0 Å². The zero-order valence-corrected chi connectivity index (χ0v) is 14.4. The Hall–Kier alpha value is -2.07. The standard InChI is InChI=1S/C19H22N2OS/c1-3-21-16-11-12-23-18(16)13-17(21)19(22)20-14(2)9-10-15-7-5-4-6-8-15/h4-8,11-14H,3,9-10H2,1-2H3,(H,20,22)/t14-/m0/s1. The Balaban J connectivity index is 1.64. The molecule has 1 amide bonds. The number of nitrogens with zero attached hydrogens (tertiary/aromatic N) is 1. The first-order chi connectivity index (χ1) is 11.2. The Bertz CT molecular complexity index is 788. The van der Waals surface area contributed by atoms with Crippen LogP contribution in [0.15, 0.2) is 47.8 Å². The van der Waals surface area contributed by atoms with Crippen LogP contribution in [0.4, 0.5) is 0 Å². The van der Waals surface area contributed by atoms with E-state index in [9.17, 15) is 4.79 Å². The predicted molar refractivity (Wildman–Crippen MR) is 97.2 cm³/mol. The molecule has 2 aromatic heterocycles. The maximum Gasteiger partial charge on any atom is 0.268 e. The molecule has 1 atom stereocenters. The Kier molecular flexibility index (Phi) is 4.82. The summed E-state index contributed by atoms with van der Waals surface area (Å²) in [6, 6.07) is 14.6. The van der Waals surface area contributed by atoms with Crippen molar-refractivity contribution in [3.63, 3.8) is 0 Å². The topological polar surface area (TPSA) is 34.0 Å². The van der Waals surface area contributed by atoms with E-state index in [4.69, 9.17) is 0 Å². The second-order valence-corrected chi connectivity index (χ2v) is 6.79. The van der Waals surface area contributed by atoms with Gasteiger partial charge in [0.1, 0.15) is 5.69 Å². The first-order valence-corrected chi connectivity index (χ1v) is 8.98. The van der Waals surface area contributed by atoms with Crippen molar-refractivity contribution in [1.29, 1.82) is 0 Å². The maximum atomic E-state index is 12.6. The summed E-state index contributed by atoms with van der Waals surface area (Å²) in [5, 5.41) is 5.21. The Morgan fingerprint density at radius 2 is 2.04 bits per heavy atom. The van der Waals surface area contributed by atoms with Gasteiger partial charge in [0, 0.05) is 12.6 Å². The number of rotatable bonds is 6. The molecule has 2 heterocycles. The van der Waals surface area contributed by atoms with E-state index in [1.165, 1.54) is 10.3 Å². The fraction of sp³-hybridized carbons (Fsp3) is 0.316. The lowest BCUT2D eigenvalue weighted by Crippen LogP contribution is -2.34. The highest BCUT2D eigenvalue weighted by Crippen LogP contribution is 2.25. The van der Waals surface area contributed by atoms with Crippen molar-refractivity contribution < 1.29 is 4.79 Å². The van der Waals surface area contributed by atoms with E-state index in [-0.39, 0.29) is 11.9 Å². The molecule has 0 fully saturated rings. The van der Waals surface area contributed by atoms with Gasteiger partial charge in [-0.15, -0.1) is 11.3 Å². The molecule has 0 bridgehead atoms. The molecule has 0 aliphatic heterocycles. The SMILES string of the molecule is CCn1c(C(=O)N[C@@H](C)CCc2ccccc2)cc2sccc21. The summed E-state index contributed by atoms with van der Waals surface area (Å²) in [5.74, 6) is 0.0239. The van der Waals surface area contributed by atoms with Crippen molar-refractivity contribution in [2.24, 2.45) is 0 Å². The number of hydrogen-bond donors (Lipinski definition) is 1. The highest BCUT2D eigenvalue weighted by atomic mass is 32.1. The van der Waals surface area contributed by atoms with Crippen LogP contribution in [0.25, 0.3) is 10.2 Å². The summed E-state index contributed by atoms with van der Waals surface area (Å²) in [6.07, 6.45) is 1.92. The Morgan fingerprint density at radius 1 is 1.26 bits per heavy atom. The molecule has 0 saturated carbocycles. The minimum absolute atomic E-state index is 0.0239. The minimum Gasteiger partial charge on any atom is -0.348 e. The summed E-state index contributed by atoms with van der Waals surface area (Å²) in [7, 11) is 0. The first-order valence-electron chi connectivity index (χ1n) is 8.10. The average molecular weight is 326 g/mol. The summed E-state index contributed by atoms with van der Waals surface area (Å²) in [4.78, 5) is 12.6. The van der Waals surface area contributed by atoms with Crippen molar-refractivity contribution in [3.05, 3.63) is 59.1 Å². The quantitative estimate of drug-likeness (QED) is 0.712. The van der Waals surface area contributed by atoms with E-state index in [0.717, 1.165) is 30.6 Å². The van der Waals surface area contributed by atoms with Gasteiger partial charge in [0.2, 0.25) is 0 Å². The number of aryl methyl sites for hydroxylation is 2. The van der Waals surface area contributed by atoms with Gasteiger partial charge < -0.3 is 9.88 Å². The molecule has 1 aromatic carbocycles. The van der Waals surface area contributed by atoms with Crippen molar-refractivity contribution in [2.75, 3.05) is 0 Å². The third-order valence-corrected chi connectivity index (χ3v) is 5.01. The van der Waals surface area contributed by atoms with Gasteiger partial charge in [-0.05, 0) is 49.8 Å². The van der Waals surface area contributed by atoms with Gasteiger partial charge in [-0.2, -0.15) is 0 Å². The third kappa shape index (κ3) is 3.48. The number of carbonyl (C=O) groups excluding carboxylic acids is 1. The Labute approximate surface area is 140 Å². The lowest BCUT2D eigenvalue weighted by Gasteiger charge is -2.15. The zero-order valence-electron chi connectivity index (χ0n) is 13.6. The second-order valence-electron chi connectivity index (χ2n) is 5.84. The maximum absolute atomic E-state index is 12.6. The number of hydrogen-bond acceptors (Lipinski definition) is 2. The van der Waals surface area contributed by atoms with Crippen molar-refractivity contribution in [3.8, 4) is 0 Å². The number of amides is 1. The average Bonchev–Trinajstić information content (AvgIpc) is 3.14. The molecule has 0 spiro atoms. The molecule has 0 aliphatic carbocycles. The van der Waals surface area contributed by atoms with Crippen LogP contribution >= 0.6 is 11.3 Å². The molecule has 0 radical (unpaired) electrons. The van der Waals surface area contributed by atoms with Gasteiger partial charge >= 0.3 is 0 Å². The number of benzene rings is 1. The Morgan fingerprint density at radius 3 is 2.78 bits per heavy atom. The van der Waals surface area contributed by atoms with Crippen LogP contribution in [-0.2, 0) is 13.0 Å². The third-order valence-electron chi connectivity index (χ3n) is 4.16. The highest BCUT2D eigenvalue weighted by molar-refractivity contribution is 7.17. The first kappa shape index (κ1) is 15.8. The van der Waals surface area contributed by atoms with E-state index >= 15 is 0 Å². The number of aromatic nitrogens is 1. The van der Waals surface area contributed by atoms with Crippen LogP contribution in [-0.4, -0.2) is 16.5 Å². The van der Waals surface area contributed by atoms with E-state index in [1.54, 1.807) is 11.3 Å². The van der Waals surface area contributed by atoms with E-state index < -0.39 is 0 Å². The van der Waals surface area contributed by atoms with Crippen LogP contribution < -0.4 is 5.32 Å². The highest BCUT2D eigenvalue weighted by Gasteiger charge is 2.17. The van der Waals surface area contributed by atoms with Crippen LogP contribution in [0, 0.1) is 0 Å². The molecule has 120 valence electrons. The molecule has 3 rings (SSSR count). The number of carbonyl (C=O) groups is 1. The molecule has 23 heavy (non-hydrogen) atoms. The molecule has 4 heteroatoms. The molecule has 3 nitrogen and oxygen atoms in total. The van der Waals surface area contributed by atoms with Gasteiger partial charge in [-0.1, -0.05) is 30.3 Å². The monoisotopic (exact) mass is 326 g/mol. The fourth-order valence-corrected chi connectivity index (χ4v) is 3.73. The largest absolute Gasteiger partial charge is 0.348 e. The van der Waals surface area contributed by atoms with E-state index in [2.05, 4.69) is 59.4 Å². The van der Waals surface area contributed by atoms with E-state index in [1.807, 2.05) is 12.1 Å². The fourth-order valence-electron chi connectivity index (χ4n) is 2.90. The number of thiophene rings is 1. The molecule has 3 aromatic rings.